The summed E-state index contributed by atoms with van der Waals surface area (Å²) in [5, 5.41) is 16.8. The first-order valence-electron chi connectivity index (χ1n) is 12.7. The van der Waals surface area contributed by atoms with Crippen LogP contribution in [0.2, 0.25) is 0 Å². The number of hydrogen-bond donors (Lipinski definition) is 2. The quantitative estimate of drug-likeness (QED) is 0.195. The number of nitrogens with zero attached hydrogens (tertiary/aromatic N) is 4. The number of aromatic hydroxyl groups is 1. The van der Waals surface area contributed by atoms with Crippen LogP contribution >= 0.6 is 15.9 Å². The molecule has 0 aliphatic heterocycles. The van der Waals surface area contributed by atoms with E-state index in [1.54, 1.807) is 18.3 Å². The van der Waals surface area contributed by atoms with E-state index >= 15 is 0 Å². The number of unbranched alkanes of at least 4 members (excludes halogenated alkanes) is 1. The number of phenols is 1. The molecule has 0 radical (unpaired) electrons. The summed E-state index contributed by atoms with van der Waals surface area (Å²) in [6.45, 7) is 15.1. The van der Waals surface area contributed by atoms with E-state index < -0.39 is 0 Å². The van der Waals surface area contributed by atoms with Crippen molar-refractivity contribution in [1.29, 1.82) is 0 Å². The molecule has 0 saturated carbocycles. The smallest absolute Gasteiger partial charge is 0.171 e. The first-order chi connectivity index (χ1) is 18.5. The number of pyridine rings is 1. The summed E-state index contributed by atoms with van der Waals surface area (Å²) in [5.74, 6) is 1.80. The predicted octanol–water partition coefficient (Wildman–Crippen LogP) is 7.89. The number of rotatable bonds is 9. The van der Waals surface area contributed by atoms with Gasteiger partial charge < -0.3 is 15.2 Å². The molecule has 0 amide bonds. The molecule has 1 aromatic carbocycles. The zero-order valence-corrected chi connectivity index (χ0v) is 24.3. The van der Waals surface area contributed by atoms with Crippen LogP contribution in [0, 0.1) is 6.92 Å². The molecule has 0 fully saturated rings. The zero-order chi connectivity index (χ0) is 28.3. The van der Waals surface area contributed by atoms with Crippen LogP contribution in [0.25, 0.3) is 5.65 Å². The van der Waals surface area contributed by atoms with Gasteiger partial charge in [0.1, 0.15) is 18.4 Å². The third-order valence-corrected chi connectivity index (χ3v) is 6.17. The second kappa shape index (κ2) is 18.7. The fourth-order valence-corrected chi connectivity index (χ4v) is 4.20. The average molecular weight is 583 g/mol. The molecule has 204 valence electrons. The van der Waals surface area contributed by atoms with Gasteiger partial charge in [0, 0.05) is 36.6 Å². The van der Waals surface area contributed by atoms with Gasteiger partial charge in [-0.3, -0.25) is 4.98 Å². The van der Waals surface area contributed by atoms with Gasteiger partial charge in [0.25, 0.3) is 0 Å². The van der Waals surface area contributed by atoms with Gasteiger partial charge in [-0.15, -0.1) is 13.2 Å². The molecule has 4 rings (SSSR count). The number of phenolic OH excluding ortho intramolecular Hbond substituents is 1. The molecule has 0 aliphatic carbocycles. The molecule has 8 heteroatoms. The van der Waals surface area contributed by atoms with Crippen LogP contribution < -0.4 is 5.32 Å². The Hall–Kier alpha value is -3.52. The van der Waals surface area contributed by atoms with Gasteiger partial charge in [0.2, 0.25) is 0 Å². The van der Waals surface area contributed by atoms with E-state index in [0.29, 0.717) is 18.2 Å². The van der Waals surface area contributed by atoms with Gasteiger partial charge in [-0.2, -0.15) is 9.61 Å². The second-order valence-electron chi connectivity index (χ2n) is 8.48. The molecule has 0 aliphatic rings. The summed E-state index contributed by atoms with van der Waals surface area (Å²) in [6.07, 6.45) is 11.4. The van der Waals surface area contributed by atoms with Crippen molar-refractivity contribution in [2.75, 3.05) is 5.32 Å². The summed E-state index contributed by atoms with van der Waals surface area (Å²) in [7, 11) is 0. The summed E-state index contributed by atoms with van der Waals surface area (Å²) in [4.78, 5) is 17.1. The maximum atomic E-state index is 8.81. The van der Waals surface area contributed by atoms with Crippen LogP contribution in [-0.4, -0.2) is 31.5 Å². The number of carbonyl (C=O) groups is 1. The van der Waals surface area contributed by atoms with Gasteiger partial charge in [0.15, 0.2) is 5.65 Å². The molecule has 1 atom stereocenters. The Bertz CT molecular complexity index is 1180. The first kappa shape index (κ1) is 32.5. The number of carbonyl (C=O) groups excluding carboxylic acids is 1. The van der Waals surface area contributed by atoms with Crippen LogP contribution in [0.3, 0.4) is 0 Å². The lowest BCUT2D eigenvalue weighted by molar-refractivity contribution is -0.0980. The second-order valence-corrected chi connectivity index (χ2v) is 9.33. The van der Waals surface area contributed by atoms with Crippen molar-refractivity contribution in [3.63, 3.8) is 0 Å². The number of halogens is 1. The minimum Gasteiger partial charge on any atom is -0.508 e. The number of hydrogen-bond acceptors (Lipinski definition) is 6. The lowest BCUT2D eigenvalue weighted by Gasteiger charge is -2.18. The Kier molecular flexibility index (Phi) is 16.0. The SMILES string of the molecule is C=C.C=O.CCCCC(CCC)c1cc(NCc2cccnc2)n2ncc(Br)c2n1.Cc1cccc(O)c1. The van der Waals surface area contributed by atoms with Crippen molar-refractivity contribution in [1.82, 2.24) is 19.6 Å². The number of anilines is 1. The van der Waals surface area contributed by atoms with E-state index in [4.69, 9.17) is 14.9 Å². The van der Waals surface area contributed by atoms with Gasteiger partial charge in [-0.1, -0.05) is 51.3 Å². The minimum absolute atomic E-state index is 0.338. The van der Waals surface area contributed by atoms with E-state index in [1.165, 1.54) is 25.7 Å². The predicted molar refractivity (Wildman–Crippen MR) is 161 cm³/mol. The lowest BCUT2D eigenvalue weighted by atomic mass is 9.93. The summed E-state index contributed by atoms with van der Waals surface area (Å²) in [6, 6.07) is 13.3. The molecule has 0 spiro atoms. The highest BCUT2D eigenvalue weighted by Crippen LogP contribution is 2.30. The Balaban J connectivity index is 0.000000505. The number of fused-ring (bicyclic) bond motifs is 1. The third kappa shape index (κ3) is 10.5. The fourth-order valence-electron chi connectivity index (χ4n) is 3.85. The van der Waals surface area contributed by atoms with Crippen molar-refractivity contribution in [3.8, 4) is 5.75 Å². The molecule has 3 heterocycles. The Morgan fingerprint density at radius 1 is 1.05 bits per heavy atom. The minimum atomic E-state index is 0.338. The molecular weight excluding hydrogens is 542 g/mol. The van der Waals surface area contributed by atoms with Crippen molar-refractivity contribution < 1.29 is 9.90 Å². The highest BCUT2D eigenvalue weighted by Gasteiger charge is 2.17. The maximum absolute atomic E-state index is 8.81. The highest BCUT2D eigenvalue weighted by atomic mass is 79.9. The largest absolute Gasteiger partial charge is 0.508 e. The van der Waals surface area contributed by atoms with E-state index in [2.05, 4.69) is 70.5 Å². The van der Waals surface area contributed by atoms with Gasteiger partial charge in [-0.05, 0) is 65.0 Å². The summed E-state index contributed by atoms with van der Waals surface area (Å²) < 4.78 is 2.79. The Morgan fingerprint density at radius 3 is 2.39 bits per heavy atom. The molecule has 2 N–H and O–H groups in total. The van der Waals surface area contributed by atoms with Gasteiger partial charge in [0.05, 0.1) is 10.7 Å². The van der Waals surface area contributed by atoms with Crippen LogP contribution in [0.5, 0.6) is 5.75 Å². The lowest BCUT2D eigenvalue weighted by Crippen LogP contribution is -2.10. The maximum Gasteiger partial charge on any atom is 0.171 e. The van der Waals surface area contributed by atoms with Crippen molar-refractivity contribution in [2.45, 2.75) is 65.3 Å². The van der Waals surface area contributed by atoms with Crippen molar-refractivity contribution >= 4 is 34.2 Å². The summed E-state index contributed by atoms with van der Waals surface area (Å²) in [5.41, 5.74) is 4.25. The van der Waals surface area contributed by atoms with Crippen molar-refractivity contribution in [2.24, 2.45) is 0 Å². The monoisotopic (exact) mass is 581 g/mol. The molecule has 7 nitrogen and oxygen atoms in total. The van der Waals surface area contributed by atoms with E-state index in [0.717, 1.165) is 39.2 Å². The zero-order valence-electron chi connectivity index (χ0n) is 22.7. The van der Waals surface area contributed by atoms with Crippen LogP contribution in [0.1, 0.15) is 68.7 Å². The molecular formula is C30H40BrN5O2. The first-order valence-corrected chi connectivity index (χ1v) is 13.5. The van der Waals surface area contributed by atoms with E-state index in [-0.39, 0.29) is 0 Å². The fraction of sp³-hybridized carbons (Fsp3) is 0.333. The molecule has 0 saturated heterocycles. The molecule has 4 aromatic rings. The van der Waals surface area contributed by atoms with E-state index in [9.17, 15) is 0 Å². The van der Waals surface area contributed by atoms with Crippen LogP contribution in [0.15, 0.2) is 78.7 Å². The van der Waals surface area contributed by atoms with Crippen molar-refractivity contribution in [3.05, 3.63) is 95.5 Å². The average Bonchev–Trinajstić information content (AvgIpc) is 3.33. The van der Waals surface area contributed by atoms with Crippen LogP contribution in [0.4, 0.5) is 5.82 Å². The molecule has 38 heavy (non-hydrogen) atoms. The van der Waals surface area contributed by atoms with Gasteiger partial charge >= 0.3 is 0 Å². The molecule has 1 unspecified atom stereocenters. The number of nitrogens with one attached hydrogen (secondary N) is 1. The Labute approximate surface area is 235 Å². The van der Waals surface area contributed by atoms with Crippen LogP contribution in [-0.2, 0) is 11.3 Å². The Morgan fingerprint density at radius 2 is 1.82 bits per heavy atom. The van der Waals surface area contributed by atoms with Gasteiger partial charge in [-0.25, -0.2) is 4.98 Å². The van der Waals surface area contributed by atoms with E-state index in [1.807, 2.05) is 48.8 Å². The topological polar surface area (TPSA) is 92.4 Å². The molecule has 3 aromatic heterocycles. The standard InChI is InChI=1S/C20H26BrN5.C7H8O.C2H4.CH2O/c1-3-5-9-16(7-4-2)18-11-19(23-13-15-8-6-10-22-12-15)26-20(25-18)17(21)14-24-26;1-6-3-2-4-7(8)5-6;2*1-2/h6,8,10-12,14,16,23H,3-5,7,9,13H2,1-2H3;2-5,8H,1H3;1-2H2;1H2. The number of aromatic nitrogens is 4. The molecule has 0 bridgehead atoms. The highest BCUT2D eigenvalue weighted by molar-refractivity contribution is 9.10. The third-order valence-electron chi connectivity index (χ3n) is 5.61. The normalized spacial score (nSPS) is 10.6. The summed E-state index contributed by atoms with van der Waals surface area (Å²) >= 11 is 3.59. The number of aryl methyl sites for hydroxylation is 1. The number of benzene rings is 1.